The van der Waals surface area contributed by atoms with Gasteiger partial charge in [0.05, 0.1) is 6.26 Å². The highest BCUT2D eigenvalue weighted by Gasteiger charge is 2.25. The number of carbonyl (C=O) groups is 1. The lowest BCUT2D eigenvalue weighted by Gasteiger charge is -2.26. The van der Waals surface area contributed by atoms with Crippen molar-refractivity contribution in [1.29, 1.82) is 0 Å². The summed E-state index contributed by atoms with van der Waals surface area (Å²) in [5.41, 5.74) is -0.501. The third-order valence-electron chi connectivity index (χ3n) is 1.97. The molecule has 0 spiro atoms. The van der Waals surface area contributed by atoms with Gasteiger partial charge in [-0.15, -0.1) is 0 Å². The van der Waals surface area contributed by atoms with Crippen molar-refractivity contribution in [2.75, 3.05) is 12.8 Å². The van der Waals surface area contributed by atoms with Crippen molar-refractivity contribution in [2.24, 2.45) is 0 Å². The number of nitrogens with one attached hydrogen (secondary N) is 1. The number of nitrogens with zero attached hydrogens (tertiary/aromatic N) is 1. The van der Waals surface area contributed by atoms with E-state index in [-0.39, 0.29) is 11.0 Å². The van der Waals surface area contributed by atoms with Crippen molar-refractivity contribution in [1.82, 2.24) is 9.62 Å². The Labute approximate surface area is 125 Å². The summed E-state index contributed by atoms with van der Waals surface area (Å²) in [6.07, 6.45) is 3.51. The smallest absolute Gasteiger partial charge is 0.331 e. The molecule has 112 valence electrons. The lowest BCUT2D eigenvalue weighted by atomic mass is 10.1. The van der Waals surface area contributed by atoms with Gasteiger partial charge in [0.2, 0.25) is 10.0 Å². The van der Waals surface area contributed by atoms with Gasteiger partial charge < -0.3 is 5.32 Å². The molecule has 0 saturated heterocycles. The van der Waals surface area contributed by atoms with Gasteiger partial charge >= 0.3 is 6.03 Å². The second-order valence-electron chi connectivity index (χ2n) is 5.15. The fourth-order valence-corrected chi connectivity index (χ4v) is 2.27. The maximum absolute atomic E-state index is 11.9. The summed E-state index contributed by atoms with van der Waals surface area (Å²) in [5, 5.41) is 2.62. The number of carbonyl (C=O) groups excluding carboxylic acids is 1. The van der Waals surface area contributed by atoms with Crippen LogP contribution in [0.1, 0.15) is 33.6 Å². The van der Waals surface area contributed by atoms with E-state index < -0.39 is 21.6 Å². The average Bonchev–Trinajstić information content (AvgIpc) is 2.11. The third-order valence-corrected chi connectivity index (χ3v) is 3.43. The number of rotatable bonds is 5. The van der Waals surface area contributed by atoms with Gasteiger partial charge in [0, 0.05) is 12.1 Å². The van der Waals surface area contributed by atoms with Crippen molar-refractivity contribution in [2.45, 2.75) is 39.2 Å². The quantitative estimate of drug-likeness (QED) is 0.788. The van der Waals surface area contributed by atoms with Gasteiger partial charge in [-0.05, 0) is 33.6 Å². The van der Waals surface area contributed by atoms with Crippen LogP contribution in [0, 0.1) is 0 Å². The number of hydrogen-bond acceptors (Lipinski definition) is 3. The number of halogens is 2. The summed E-state index contributed by atoms with van der Waals surface area (Å²) in [7, 11) is -3.60. The monoisotopic (exact) mass is 330 g/mol. The summed E-state index contributed by atoms with van der Waals surface area (Å²) in [5.74, 6) is 0. The first kappa shape index (κ1) is 18.5. The van der Waals surface area contributed by atoms with E-state index in [4.69, 9.17) is 23.2 Å². The normalized spacial score (nSPS) is 11.9. The number of unbranched alkanes of at least 4 members (excludes halogenated alkanes) is 1. The third kappa shape index (κ3) is 9.13. The van der Waals surface area contributed by atoms with Gasteiger partial charge in [-0.2, -0.15) is 0 Å². The first-order valence-corrected chi connectivity index (χ1v) is 8.35. The number of sulfonamides is 1. The van der Waals surface area contributed by atoms with E-state index in [1.54, 1.807) is 26.8 Å². The Kier molecular flexibility index (Phi) is 7.18. The summed E-state index contributed by atoms with van der Waals surface area (Å²) in [6.45, 7) is 5.42. The predicted molar refractivity (Wildman–Crippen MR) is 78.9 cm³/mol. The highest BCUT2D eigenvalue weighted by Crippen LogP contribution is 2.11. The van der Waals surface area contributed by atoms with E-state index in [9.17, 15) is 13.2 Å². The zero-order chi connectivity index (χ0) is 15.3. The number of allylic oxidation sites excluding steroid dienone is 1. The van der Waals surface area contributed by atoms with E-state index in [0.29, 0.717) is 12.8 Å². The van der Waals surface area contributed by atoms with E-state index in [2.05, 4.69) is 5.32 Å². The van der Waals surface area contributed by atoms with Crippen molar-refractivity contribution in [3.63, 3.8) is 0 Å². The Hall–Kier alpha value is -0.460. The largest absolute Gasteiger partial charge is 0.333 e. The molecule has 1 N–H and O–H groups in total. The van der Waals surface area contributed by atoms with Crippen LogP contribution in [0.15, 0.2) is 10.6 Å². The molecule has 19 heavy (non-hydrogen) atoms. The summed E-state index contributed by atoms with van der Waals surface area (Å²) < 4.78 is 24.1. The Morgan fingerprint density at radius 2 is 1.84 bits per heavy atom. The van der Waals surface area contributed by atoms with Crippen LogP contribution in [0.3, 0.4) is 0 Å². The molecule has 8 heteroatoms. The molecular formula is C11H20Cl2N2O3S. The zero-order valence-electron chi connectivity index (χ0n) is 11.5. The van der Waals surface area contributed by atoms with Gasteiger partial charge in [0.1, 0.15) is 4.49 Å². The molecule has 0 saturated carbocycles. The number of hydrogen-bond donors (Lipinski definition) is 1. The van der Waals surface area contributed by atoms with Crippen LogP contribution >= 0.6 is 23.2 Å². The molecule has 0 bridgehead atoms. The summed E-state index contributed by atoms with van der Waals surface area (Å²) in [4.78, 5) is 11.9. The van der Waals surface area contributed by atoms with E-state index in [1.807, 2.05) is 0 Å². The minimum absolute atomic E-state index is 0.0817. The van der Waals surface area contributed by atoms with Gasteiger partial charge in [-0.1, -0.05) is 29.3 Å². The highest BCUT2D eigenvalue weighted by molar-refractivity contribution is 7.88. The number of amides is 2. The second-order valence-corrected chi connectivity index (χ2v) is 8.07. The molecule has 5 nitrogen and oxygen atoms in total. The fraction of sp³-hybridized carbons (Fsp3) is 0.727. The number of urea groups is 1. The Morgan fingerprint density at radius 1 is 1.32 bits per heavy atom. The topological polar surface area (TPSA) is 66.5 Å². The minimum atomic E-state index is -3.60. The van der Waals surface area contributed by atoms with Crippen LogP contribution < -0.4 is 5.32 Å². The average molecular weight is 331 g/mol. The van der Waals surface area contributed by atoms with Crippen LogP contribution in [-0.4, -0.2) is 37.1 Å². The second kappa shape index (κ2) is 7.36. The van der Waals surface area contributed by atoms with E-state index in [0.717, 1.165) is 10.6 Å². The van der Waals surface area contributed by atoms with E-state index in [1.165, 1.54) is 0 Å². The van der Waals surface area contributed by atoms with E-state index >= 15 is 0 Å². The van der Waals surface area contributed by atoms with Crippen molar-refractivity contribution < 1.29 is 13.2 Å². The Morgan fingerprint density at radius 3 is 2.21 bits per heavy atom. The van der Waals surface area contributed by atoms with Crippen LogP contribution in [0.2, 0.25) is 0 Å². The van der Waals surface area contributed by atoms with Crippen molar-refractivity contribution in [3.8, 4) is 0 Å². The molecule has 0 aromatic carbocycles. The van der Waals surface area contributed by atoms with Gasteiger partial charge in [-0.25, -0.2) is 17.5 Å². The molecule has 0 heterocycles. The van der Waals surface area contributed by atoms with Crippen LogP contribution in [0.5, 0.6) is 0 Å². The molecule has 0 fully saturated rings. The first-order valence-electron chi connectivity index (χ1n) is 5.74. The van der Waals surface area contributed by atoms with Gasteiger partial charge in [0.15, 0.2) is 0 Å². The maximum Gasteiger partial charge on any atom is 0.331 e. The Bertz CT molecular complexity index is 437. The lowest BCUT2D eigenvalue weighted by Crippen LogP contribution is -2.50. The first-order chi connectivity index (χ1) is 8.43. The SMILES string of the molecule is CC(C)(C)NC(=O)N(CCCC=C(Cl)Cl)S(C)(=O)=O. The standard InChI is InChI=1S/C11H20Cl2N2O3S/c1-11(2,3)14-10(16)15(19(4,17)18)8-6-5-7-9(12)13/h7H,5-6,8H2,1-4H3,(H,14,16). The Balaban J connectivity index is 4.67. The predicted octanol–water partition coefficient (Wildman–Crippen LogP) is 2.86. The summed E-state index contributed by atoms with van der Waals surface area (Å²) in [6, 6.07) is -0.629. The zero-order valence-corrected chi connectivity index (χ0v) is 13.9. The fourth-order valence-electron chi connectivity index (χ4n) is 1.25. The van der Waals surface area contributed by atoms with Crippen LogP contribution in [0.25, 0.3) is 0 Å². The lowest BCUT2D eigenvalue weighted by molar-refractivity contribution is 0.213. The molecule has 2 amide bonds. The van der Waals surface area contributed by atoms with Crippen LogP contribution in [-0.2, 0) is 10.0 Å². The van der Waals surface area contributed by atoms with Gasteiger partial charge in [-0.3, -0.25) is 0 Å². The molecule has 0 aliphatic carbocycles. The molecule has 0 aliphatic heterocycles. The molecule has 0 aromatic heterocycles. The van der Waals surface area contributed by atoms with Crippen LogP contribution in [0.4, 0.5) is 4.79 Å². The molecule has 0 unspecified atom stereocenters. The molecule has 0 aliphatic rings. The summed E-state index contributed by atoms with van der Waals surface area (Å²) >= 11 is 10.9. The molecule has 0 aromatic rings. The molecule has 0 atom stereocenters. The highest BCUT2D eigenvalue weighted by atomic mass is 35.5. The molecule has 0 radical (unpaired) electrons. The maximum atomic E-state index is 11.9. The molecule has 0 rings (SSSR count). The van der Waals surface area contributed by atoms with Crippen molar-refractivity contribution in [3.05, 3.63) is 10.6 Å². The van der Waals surface area contributed by atoms with Gasteiger partial charge in [0.25, 0.3) is 0 Å². The minimum Gasteiger partial charge on any atom is -0.333 e. The van der Waals surface area contributed by atoms with Crippen molar-refractivity contribution >= 4 is 39.3 Å². The molecular weight excluding hydrogens is 311 g/mol.